The summed E-state index contributed by atoms with van der Waals surface area (Å²) in [7, 11) is 0. The van der Waals surface area contributed by atoms with Crippen LogP contribution in [0.4, 0.5) is 4.79 Å². The molecule has 9 heteroatoms. The second-order valence-corrected chi connectivity index (χ2v) is 6.09. The second kappa shape index (κ2) is 9.56. The number of hydrogen-bond donors (Lipinski definition) is 2. The van der Waals surface area contributed by atoms with Gasteiger partial charge in [-0.2, -0.15) is 0 Å². The van der Waals surface area contributed by atoms with E-state index in [2.05, 4.69) is 5.32 Å². The van der Waals surface area contributed by atoms with E-state index < -0.39 is 42.6 Å². The van der Waals surface area contributed by atoms with Crippen LogP contribution in [0.5, 0.6) is 0 Å². The molecule has 0 aromatic heterocycles. The molecule has 0 aliphatic carbocycles. The monoisotopic (exact) mass is 378 g/mol. The molecule has 146 valence electrons. The lowest BCUT2D eigenvalue weighted by atomic mass is 10.2. The Morgan fingerprint density at radius 2 is 1.93 bits per heavy atom. The Morgan fingerprint density at radius 1 is 1.22 bits per heavy atom. The molecule has 2 N–H and O–H groups in total. The van der Waals surface area contributed by atoms with Crippen LogP contribution in [0.15, 0.2) is 30.3 Å². The summed E-state index contributed by atoms with van der Waals surface area (Å²) >= 11 is 0. The topological polar surface area (TPSA) is 122 Å². The molecule has 1 aliphatic rings. The standard InChI is InChI=1S/C18H22N2O7/c1-12(21)26-11-14(16(22)20-9-5-8-15(20)17(23)24)19-18(25)27-10-13-6-3-2-4-7-13/h2-4,6-7,14-15H,5,8-11H2,1H3,(H,19,25)(H,23,24)/t14-,15-/m0/s1. The first-order valence-corrected chi connectivity index (χ1v) is 8.52. The summed E-state index contributed by atoms with van der Waals surface area (Å²) < 4.78 is 9.91. The number of carbonyl (C=O) groups is 4. The molecule has 1 saturated heterocycles. The highest BCUT2D eigenvalue weighted by atomic mass is 16.6. The quantitative estimate of drug-likeness (QED) is 0.677. The van der Waals surface area contributed by atoms with Gasteiger partial charge in [-0.25, -0.2) is 9.59 Å². The third-order valence-corrected chi connectivity index (χ3v) is 4.08. The van der Waals surface area contributed by atoms with Gasteiger partial charge in [-0.05, 0) is 18.4 Å². The minimum Gasteiger partial charge on any atom is -0.480 e. The first-order valence-electron chi connectivity index (χ1n) is 8.52. The van der Waals surface area contributed by atoms with E-state index in [9.17, 15) is 24.3 Å². The SMILES string of the molecule is CC(=O)OC[C@H](NC(=O)OCc1ccccc1)C(=O)N1CCC[C@H]1C(=O)O. The van der Waals surface area contributed by atoms with Crippen LogP contribution in [0.25, 0.3) is 0 Å². The molecule has 1 aromatic carbocycles. The number of nitrogens with one attached hydrogen (secondary N) is 1. The van der Waals surface area contributed by atoms with E-state index >= 15 is 0 Å². The molecule has 0 saturated carbocycles. The third-order valence-electron chi connectivity index (χ3n) is 4.08. The number of alkyl carbamates (subject to hydrolysis) is 1. The number of carbonyl (C=O) groups excluding carboxylic acids is 3. The Hall–Kier alpha value is -3.10. The molecular formula is C18H22N2O7. The van der Waals surface area contributed by atoms with E-state index in [-0.39, 0.29) is 13.2 Å². The molecule has 2 amide bonds. The van der Waals surface area contributed by atoms with Crippen LogP contribution >= 0.6 is 0 Å². The molecular weight excluding hydrogens is 356 g/mol. The van der Waals surface area contributed by atoms with Gasteiger partial charge in [0.1, 0.15) is 25.3 Å². The van der Waals surface area contributed by atoms with Crippen LogP contribution in [0.2, 0.25) is 0 Å². The van der Waals surface area contributed by atoms with Crippen LogP contribution in [0.3, 0.4) is 0 Å². The number of benzene rings is 1. The Bertz CT molecular complexity index is 692. The fourth-order valence-corrected chi connectivity index (χ4v) is 2.77. The maximum atomic E-state index is 12.7. The van der Waals surface area contributed by atoms with Crippen LogP contribution in [0.1, 0.15) is 25.3 Å². The summed E-state index contributed by atoms with van der Waals surface area (Å²) in [5, 5.41) is 11.6. The van der Waals surface area contributed by atoms with E-state index in [1.807, 2.05) is 6.07 Å². The van der Waals surface area contributed by atoms with Gasteiger partial charge in [-0.1, -0.05) is 30.3 Å². The average molecular weight is 378 g/mol. The van der Waals surface area contributed by atoms with Gasteiger partial charge in [0.15, 0.2) is 0 Å². The second-order valence-electron chi connectivity index (χ2n) is 6.09. The molecule has 9 nitrogen and oxygen atoms in total. The first kappa shape index (κ1) is 20.2. The van der Waals surface area contributed by atoms with Crippen molar-refractivity contribution in [2.45, 2.75) is 38.5 Å². The number of hydrogen-bond acceptors (Lipinski definition) is 6. The van der Waals surface area contributed by atoms with Crippen molar-refractivity contribution in [1.29, 1.82) is 0 Å². The number of nitrogens with zero attached hydrogens (tertiary/aromatic N) is 1. The van der Waals surface area contributed by atoms with Crippen molar-refractivity contribution in [3.63, 3.8) is 0 Å². The van der Waals surface area contributed by atoms with Gasteiger partial charge in [0.2, 0.25) is 5.91 Å². The number of carboxylic acids is 1. The van der Waals surface area contributed by atoms with Gasteiger partial charge in [0, 0.05) is 13.5 Å². The van der Waals surface area contributed by atoms with Crippen molar-refractivity contribution in [3.05, 3.63) is 35.9 Å². The maximum Gasteiger partial charge on any atom is 0.408 e. The summed E-state index contributed by atoms with van der Waals surface area (Å²) in [4.78, 5) is 48.3. The molecule has 1 fully saturated rings. The normalized spacial score (nSPS) is 17.1. The highest BCUT2D eigenvalue weighted by molar-refractivity contribution is 5.90. The van der Waals surface area contributed by atoms with Gasteiger partial charge in [0.25, 0.3) is 0 Å². The van der Waals surface area contributed by atoms with E-state index in [1.54, 1.807) is 24.3 Å². The average Bonchev–Trinajstić information content (AvgIpc) is 3.13. The van der Waals surface area contributed by atoms with Crippen molar-refractivity contribution >= 4 is 23.9 Å². The maximum absolute atomic E-state index is 12.7. The van der Waals surface area contributed by atoms with E-state index in [0.29, 0.717) is 12.8 Å². The minimum absolute atomic E-state index is 0.00259. The van der Waals surface area contributed by atoms with E-state index in [0.717, 1.165) is 5.56 Å². The number of carboxylic acid groups (broad SMARTS) is 1. The van der Waals surface area contributed by atoms with Gasteiger partial charge >= 0.3 is 18.0 Å². The van der Waals surface area contributed by atoms with Crippen LogP contribution in [-0.2, 0) is 30.5 Å². The number of amides is 2. The highest BCUT2D eigenvalue weighted by Crippen LogP contribution is 2.18. The number of esters is 1. The zero-order valence-corrected chi connectivity index (χ0v) is 14.9. The predicted molar refractivity (Wildman–Crippen MR) is 92.6 cm³/mol. The molecule has 2 rings (SSSR count). The summed E-state index contributed by atoms with van der Waals surface area (Å²) in [6.07, 6.45) is 0.0109. The number of rotatable bonds is 7. The van der Waals surface area contributed by atoms with Crippen LogP contribution in [0, 0.1) is 0 Å². The van der Waals surface area contributed by atoms with Crippen LogP contribution < -0.4 is 5.32 Å². The van der Waals surface area contributed by atoms with Crippen molar-refractivity contribution < 1.29 is 33.8 Å². The van der Waals surface area contributed by atoms with Crippen molar-refractivity contribution in [2.75, 3.05) is 13.2 Å². The lowest BCUT2D eigenvalue weighted by molar-refractivity contribution is -0.151. The molecule has 0 radical (unpaired) electrons. The zero-order chi connectivity index (χ0) is 19.8. The Labute approximate surface area is 156 Å². The fraction of sp³-hybridized carbons (Fsp3) is 0.444. The van der Waals surface area contributed by atoms with Crippen molar-refractivity contribution in [3.8, 4) is 0 Å². The smallest absolute Gasteiger partial charge is 0.408 e. The Morgan fingerprint density at radius 3 is 2.56 bits per heavy atom. The minimum atomic E-state index is -1.22. The van der Waals surface area contributed by atoms with Gasteiger partial charge in [0.05, 0.1) is 0 Å². The van der Waals surface area contributed by atoms with Crippen molar-refractivity contribution in [2.24, 2.45) is 0 Å². The van der Waals surface area contributed by atoms with Gasteiger partial charge in [-0.3, -0.25) is 9.59 Å². The number of ether oxygens (including phenoxy) is 2. The summed E-state index contributed by atoms with van der Waals surface area (Å²) in [6.45, 7) is 1.03. The molecule has 27 heavy (non-hydrogen) atoms. The summed E-state index contributed by atoms with van der Waals surface area (Å²) in [6, 6.07) is 6.78. The Balaban J connectivity index is 1.99. The molecule has 1 aromatic rings. The van der Waals surface area contributed by atoms with Crippen molar-refractivity contribution in [1.82, 2.24) is 10.2 Å². The zero-order valence-electron chi connectivity index (χ0n) is 14.9. The van der Waals surface area contributed by atoms with Gasteiger partial charge in [-0.15, -0.1) is 0 Å². The summed E-state index contributed by atoms with van der Waals surface area (Å²) in [5.74, 6) is -2.36. The predicted octanol–water partition coefficient (Wildman–Crippen LogP) is 0.920. The molecule has 2 atom stereocenters. The molecule has 0 spiro atoms. The third kappa shape index (κ3) is 5.98. The van der Waals surface area contributed by atoms with E-state index in [1.165, 1.54) is 11.8 Å². The highest BCUT2D eigenvalue weighted by Gasteiger charge is 2.38. The van der Waals surface area contributed by atoms with E-state index in [4.69, 9.17) is 9.47 Å². The molecule has 1 aliphatic heterocycles. The number of likely N-dealkylation sites (tertiary alicyclic amines) is 1. The molecule has 0 unspecified atom stereocenters. The van der Waals surface area contributed by atoms with Gasteiger partial charge < -0.3 is 24.8 Å². The Kier molecular flexibility index (Phi) is 7.16. The lowest BCUT2D eigenvalue weighted by Crippen LogP contribution is -2.53. The fourth-order valence-electron chi connectivity index (χ4n) is 2.77. The molecule has 1 heterocycles. The summed E-state index contributed by atoms with van der Waals surface area (Å²) in [5.41, 5.74) is 0.765. The largest absolute Gasteiger partial charge is 0.480 e. The molecule has 0 bridgehead atoms. The lowest BCUT2D eigenvalue weighted by Gasteiger charge is -2.26. The number of aliphatic carboxylic acids is 1. The van der Waals surface area contributed by atoms with Crippen LogP contribution in [-0.4, -0.2) is 59.2 Å². The first-order chi connectivity index (χ1) is 12.9.